The second-order valence-corrected chi connectivity index (χ2v) is 5.37. The molecule has 0 atom stereocenters. The average molecular weight is 309 g/mol. The molecule has 0 saturated heterocycles. The Bertz CT molecular complexity index is 843. The summed E-state index contributed by atoms with van der Waals surface area (Å²) in [5.74, 6) is -0.375. The lowest BCUT2D eigenvalue weighted by molar-refractivity contribution is 0.0601. The molecule has 0 N–H and O–H groups in total. The van der Waals surface area contributed by atoms with Crippen molar-refractivity contribution in [1.29, 1.82) is 5.26 Å². The Labute approximate surface area is 131 Å². The molecule has 0 aliphatic rings. The van der Waals surface area contributed by atoms with Crippen molar-refractivity contribution in [3.05, 3.63) is 59.4 Å². The number of esters is 1. The minimum atomic E-state index is -0.375. The van der Waals surface area contributed by atoms with E-state index in [1.807, 2.05) is 16.1 Å². The third-order valence-electron chi connectivity index (χ3n) is 3.20. The Morgan fingerprint density at radius 3 is 2.68 bits per heavy atom. The molecule has 0 bridgehead atoms. The van der Waals surface area contributed by atoms with Gasteiger partial charge < -0.3 is 9.30 Å². The Morgan fingerprint density at radius 2 is 2.09 bits per heavy atom. The van der Waals surface area contributed by atoms with Gasteiger partial charge in [0.25, 0.3) is 0 Å². The second-order valence-electron chi connectivity index (χ2n) is 4.48. The van der Waals surface area contributed by atoms with Crippen molar-refractivity contribution in [2.75, 3.05) is 7.11 Å². The Morgan fingerprint density at radius 1 is 1.32 bits per heavy atom. The smallest absolute Gasteiger partial charge is 0.337 e. The quantitative estimate of drug-likeness (QED) is 0.696. The normalized spacial score (nSPS) is 10.2. The first-order valence-electron chi connectivity index (χ1n) is 6.43. The van der Waals surface area contributed by atoms with Crippen LogP contribution in [0.25, 0.3) is 16.3 Å². The number of nitrogens with zero attached hydrogens (tertiary/aromatic N) is 3. The number of benzene rings is 1. The van der Waals surface area contributed by atoms with Crippen LogP contribution in [0.4, 0.5) is 0 Å². The molecule has 0 saturated carbocycles. The van der Waals surface area contributed by atoms with E-state index < -0.39 is 0 Å². The van der Waals surface area contributed by atoms with Crippen molar-refractivity contribution in [1.82, 2.24) is 9.55 Å². The van der Waals surface area contributed by atoms with E-state index in [0.29, 0.717) is 11.1 Å². The van der Waals surface area contributed by atoms with E-state index in [1.54, 1.807) is 36.7 Å². The topological polar surface area (TPSA) is 67.9 Å². The number of nitriles is 1. The average Bonchev–Trinajstić information content (AvgIpc) is 3.23. The predicted octanol–water partition coefficient (Wildman–Crippen LogP) is 3.26. The minimum Gasteiger partial charge on any atom is -0.465 e. The molecule has 0 spiro atoms. The van der Waals surface area contributed by atoms with Crippen LogP contribution in [0.15, 0.2) is 48.2 Å². The maximum absolute atomic E-state index is 11.4. The molecule has 0 aliphatic heterocycles. The van der Waals surface area contributed by atoms with Crippen molar-refractivity contribution >= 4 is 17.3 Å². The number of hydrogen-bond donors (Lipinski definition) is 0. The van der Waals surface area contributed by atoms with Gasteiger partial charge in [-0.05, 0) is 24.3 Å². The number of ether oxygens (including phenoxy) is 1. The molecule has 6 heteroatoms. The molecule has 1 aromatic carbocycles. The standard InChI is InChI=1S/C16H11N3O2S/c1-21-16(20)11-2-4-13(5-3-11)19-9-12(8-17)14(10-19)15-18-6-7-22-15/h2-7,9-10H,1H3. The molecule has 0 unspecified atom stereocenters. The summed E-state index contributed by atoms with van der Waals surface area (Å²) >= 11 is 1.49. The lowest BCUT2D eigenvalue weighted by Gasteiger charge is -2.04. The van der Waals surface area contributed by atoms with Crippen LogP contribution in [-0.2, 0) is 4.74 Å². The molecule has 3 rings (SSSR count). The van der Waals surface area contributed by atoms with E-state index in [0.717, 1.165) is 16.3 Å². The first-order chi connectivity index (χ1) is 10.7. The minimum absolute atomic E-state index is 0.375. The van der Waals surface area contributed by atoms with Crippen LogP contribution in [0.3, 0.4) is 0 Å². The molecular formula is C16H11N3O2S. The summed E-state index contributed by atoms with van der Waals surface area (Å²) in [5, 5.41) is 12.0. The van der Waals surface area contributed by atoms with E-state index in [2.05, 4.69) is 15.8 Å². The number of carbonyl (C=O) groups excluding carboxylic acids is 1. The van der Waals surface area contributed by atoms with Crippen LogP contribution in [0.5, 0.6) is 0 Å². The molecule has 0 amide bonds. The molecule has 2 aromatic heterocycles. The van der Waals surface area contributed by atoms with Gasteiger partial charge in [-0.1, -0.05) is 0 Å². The Hall–Kier alpha value is -2.91. The third kappa shape index (κ3) is 2.50. The van der Waals surface area contributed by atoms with Crippen molar-refractivity contribution in [2.24, 2.45) is 0 Å². The molecule has 0 fully saturated rings. The molecule has 2 heterocycles. The summed E-state index contributed by atoms with van der Waals surface area (Å²) in [5.41, 5.74) is 2.70. The molecule has 5 nitrogen and oxygen atoms in total. The van der Waals surface area contributed by atoms with Gasteiger partial charge in [0.2, 0.25) is 0 Å². The van der Waals surface area contributed by atoms with E-state index in [9.17, 15) is 10.1 Å². The van der Waals surface area contributed by atoms with E-state index >= 15 is 0 Å². The fraction of sp³-hybridized carbons (Fsp3) is 0.0625. The van der Waals surface area contributed by atoms with Crippen LogP contribution in [-0.4, -0.2) is 22.6 Å². The maximum atomic E-state index is 11.4. The first kappa shape index (κ1) is 14.0. The summed E-state index contributed by atoms with van der Waals surface area (Å²) in [6, 6.07) is 9.18. The van der Waals surface area contributed by atoms with Gasteiger partial charge in [0.05, 0.1) is 18.2 Å². The largest absolute Gasteiger partial charge is 0.465 e. The van der Waals surface area contributed by atoms with E-state index in [-0.39, 0.29) is 5.97 Å². The van der Waals surface area contributed by atoms with Crippen LogP contribution in [0.1, 0.15) is 15.9 Å². The highest BCUT2D eigenvalue weighted by molar-refractivity contribution is 7.13. The second kappa shape index (κ2) is 5.84. The molecule has 108 valence electrons. The lowest BCUT2D eigenvalue weighted by Crippen LogP contribution is -2.01. The number of methoxy groups -OCH3 is 1. The summed E-state index contributed by atoms with van der Waals surface area (Å²) in [4.78, 5) is 15.7. The summed E-state index contributed by atoms with van der Waals surface area (Å²) in [6.07, 6.45) is 5.33. The number of hydrogen-bond acceptors (Lipinski definition) is 5. The van der Waals surface area contributed by atoms with E-state index in [4.69, 9.17) is 0 Å². The number of aromatic nitrogens is 2. The van der Waals surface area contributed by atoms with Crippen LogP contribution < -0.4 is 0 Å². The van der Waals surface area contributed by atoms with Crippen molar-refractivity contribution in [3.8, 4) is 22.3 Å². The summed E-state index contributed by atoms with van der Waals surface area (Å²) in [7, 11) is 1.35. The van der Waals surface area contributed by atoms with Gasteiger partial charge in [0, 0.05) is 35.2 Å². The number of carbonyl (C=O) groups is 1. The third-order valence-corrected chi connectivity index (χ3v) is 4.00. The van der Waals surface area contributed by atoms with Crippen LogP contribution in [0.2, 0.25) is 0 Å². The molecule has 22 heavy (non-hydrogen) atoms. The highest BCUT2D eigenvalue weighted by Crippen LogP contribution is 2.27. The SMILES string of the molecule is COC(=O)c1ccc(-n2cc(C#N)c(-c3nccs3)c2)cc1. The number of rotatable bonds is 3. The molecule has 0 radical (unpaired) electrons. The zero-order valence-corrected chi connectivity index (χ0v) is 12.5. The fourth-order valence-corrected chi connectivity index (χ4v) is 2.77. The van der Waals surface area contributed by atoms with Crippen LogP contribution in [0, 0.1) is 11.3 Å². The number of thiazole rings is 1. The van der Waals surface area contributed by atoms with Crippen molar-refractivity contribution in [3.63, 3.8) is 0 Å². The monoisotopic (exact) mass is 309 g/mol. The zero-order valence-electron chi connectivity index (χ0n) is 11.7. The zero-order chi connectivity index (χ0) is 15.5. The highest BCUT2D eigenvalue weighted by Gasteiger charge is 2.12. The van der Waals surface area contributed by atoms with E-state index in [1.165, 1.54) is 18.4 Å². The van der Waals surface area contributed by atoms with Gasteiger partial charge in [0.1, 0.15) is 11.1 Å². The highest BCUT2D eigenvalue weighted by atomic mass is 32.1. The van der Waals surface area contributed by atoms with Gasteiger partial charge in [-0.2, -0.15) is 5.26 Å². The van der Waals surface area contributed by atoms with Gasteiger partial charge in [-0.25, -0.2) is 9.78 Å². The van der Waals surface area contributed by atoms with Crippen LogP contribution >= 0.6 is 11.3 Å². The van der Waals surface area contributed by atoms with Gasteiger partial charge in [0.15, 0.2) is 0 Å². The van der Waals surface area contributed by atoms with Crippen molar-refractivity contribution < 1.29 is 9.53 Å². The van der Waals surface area contributed by atoms with Crippen molar-refractivity contribution in [2.45, 2.75) is 0 Å². The van der Waals surface area contributed by atoms with Gasteiger partial charge in [-0.15, -0.1) is 11.3 Å². The Balaban J connectivity index is 1.99. The summed E-state index contributed by atoms with van der Waals surface area (Å²) < 4.78 is 6.52. The van der Waals surface area contributed by atoms with Gasteiger partial charge >= 0.3 is 5.97 Å². The van der Waals surface area contributed by atoms with Gasteiger partial charge in [-0.3, -0.25) is 0 Å². The predicted molar refractivity (Wildman–Crippen MR) is 82.9 cm³/mol. The molecular weight excluding hydrogens is 298 g/mol. The molecule has 0 aliphatic carbocycles. The fourth-order valence-electron chi connectivity index (χ4n) is 2.11. The maximum Gasteiger partial charge on any atom is 0.337 e. The molecule has 3 aromatic rings. The Kier molecular flexibility index (Phi) is 3.73. The lowest BCUT2D eigenvalue weighted by atomic mass is 10.2. The first-order valence-corrected chi connectivity index (χ1v) is 7.31. The summed E-state index contributed by atoms with van der Waals surface area (Å²) in [6.45, 7) is 0.